The van der Waals surface area contributed by atoms with E-state index in [4.69, 9.17) is 23.2 Å². The van der Waals surface area contributed by atoms with Crippen LogP contribution in [0.3, 0.4) is 0 Å². The Kier molecular flexibility index (Phi) is 6.91. The molecule has 1 atom stereocenters. The summed E-state index contributed by atoms with van der Waals surface area (Å²) in [6.07, 6.45) is -0.322. The van der Waals surface area contributed by atoms with Gasteiger partial charge in [-0.15, -0.1) is 11.8 Å². The minimum atomic E-state index is -0.322. The molecule has 0 unspecified atom stereocenters. The van der Waals surface area contributed by atoms with Crippen LogP contribution in [-0.2, 0) is 0 Å². The van der Waals surface area contributed by atoms with Gasteiger partial charge in [0.25, 0.3) is 0 Å². The smallest absolute Gasteiger partial charge is 0.112 e. The summed E-state index contributed by atoms with van der Waals surface area (Å²) < 4.78 is 0. The van der Waals surface area contributed by atoms with Crippen molar-refractivity contribution in [1.29, 1.82) is 0 Å². The first kappa shape index (κ1) is 18.9. The quantitative estimate of drug-likeness (QED) is 0.733. The van der Waals surface area contributed by atoms with Gasteiger partial charge in [-0.3, -0.25) is 0 Å². The fourth-order valence-corrected chi connectivity index (χ4v) is 4.31. The number of aliphatic hydroxyl groups excluding tert-OH is 1. The Morgan fingerprint density at radius 2 is 1.76 bits per heavy atom. The highest BCUT2D eigenvalue weighted by molar-refractivity contribution is 7.99. The summed E-state index contributed by atoms with van der Waals surface area (Å²) in [5.41, 5.74) is 1.29. The maximum atomic E-state index is 10.4. The summed E-state index contributed by atoms with van der Waals surface area (Å²) in [6.45, 7) is 4.97. The Morgan fingerprint density at radius 3 is 2.44 bits per heavy atom. The van der Waals surface area contributed by atoms with Gasteiger partial charge in [-0.25, -0.2) is 0 Å². The number of piperazine rings is 1. The van der Waals surface area contributed by atoms with E-state index in [1.165, 1.54) is 10.6 Å². The zero-order valence-corrected chi connectivity index (χ0v) is 16.3. The molecule has 134 valence electrons. The molecule has 2 aromatic rings. The number of hydrogen-bond acceptors (Lipinski definition) is 3. The third kappa shape index (κ3) is 5.53. The van der Waals surface area contributed by atoms with Crippen molar-refractivity contribution in [1.82, 2.24) is 0 Å². The third-order valence-electron chi connectivity index (χ3n) is 4.45. The molecule has 3 nitrogen and oxygen atoms in total. The van der Waals surface area contributed by atoms with Gasteiger partial charge < -0.3 is 14.9 Å². The van der Waals surface area contributed by atoms with Crippen LogP contribution >= 0.6 is 35.0 Å². The number of hydrogen-bond donors (Lipinski definition) is 2. The molecule has 1 aliphatic rings. The van der Waals surface area contributed by atoms with E-state index in [2.05, 4.69) is 29.2 Å². The molecule has 0 aliphatic carbocycles. The summed E-state index contributed by atoms with van der Waals surface area (Å²) >= 11 is 13.6. The topological polar surface area (TPSA) is 27.9 Å². The number of thioether (sulfide) groups is 1. The maximum Gasteiger partial charge on any atom is 0.112 e. The molecule has 0 radical (unpaired) electrons. The van der Waals surface area contributed by atoms with E-state index in [9.17, 15) is 5.11 Å². The van der Waals surface area contributed by atoms with E-state index >= 15 is 0 Å². The zero-order chi connectivity index (χ0) is 17.6. The van der Waals surface area contributed by atoms with Crippen LogP contribution in [-0.4, -0.2) is 49.7 Å². The number of aliphatic hydroxyl groups is 1. The summed E-state index contributed by atoms with van der Waals surface area (Å²) in [4.78, 5) is 4.92. The van der Waals surface area contributed by atoms with Crippen LogP contribution in [0.2, 0.25) is 10.0 Å². The standard InChI is InChI=1S/C19H22Cl2N2OS/c20-18-7-6-17(12-19(18)21)25-14-16(24)13-22-8-10-23(11-9-22)15-4-2-1-3-5-15/h1-7,12,16,24H,8-11,13-14H2/p+1/t16-/m0/s1. The highest BCUT2D eigenvalue weighted by atomic mass is 35.5. The highest BCUT2D eigenvalue weighted by Gasteiger charge is 2.22. The van der Waals surface area contributed by atoms with E-state index in [0.29, 0.717) is 15.8 Å². The minimum Gasteiger partial charge on any atom is -0.386 e. The Labute approximate surface area is 163 Å². The number of anilines is 1. The molecule has 1 fully saturated rings. The predicted octanol–water partition coefficient (Wildman–Crippen LogP) is 2.85. The van der Waals surface area contributed by atoms with Crippen LogP contribution < -0.4 is 9.80 Å². The monoisotopic (exact) mass is 397 g/mol. The second-order valence-corrected chi connectivity index (χ2v) is 8.23. The van der Waals surface area contributed by atoms with Crippen molar-refractivity contribution in [2.75, 3.05) is 43.4 Å². The molecular weight excluding hydrogens is 375 g/mol. The van der Waals surface area contributed by atoms with Gasteiger partial charge in [0.15, 0.2) is 0 Å². The van der Waals surface area contributed by atoms with Crippen LogP contribution in [0.5, 0.6) is 0 Å². The summed E-state index contributed by atoms with van der Waals surface area (Å²) in [7, 11) is 0. The molecule has 1 heterocycles. The second kappa shape index (κ2) is 9.15. The largest absolute Gasteiger partial charge is 0.386 e. The lowest BCUT2D eigenvalue weighted by atomic mass is 10.2. The predicted molar refractivity (Wildman–Crippen MR) is 107 cm³/mol. The second-order valence-electron chi connectivity index (χ2n) is 6.32. The summed E-state index contributed by atoms with van der Waals surface area (Å²) in [5, 5.41) is 11.5. The van der Waals surface area contributed by atoms with Crippen LogP contribution in [0.15, 0.2) is 53.4 Å². The Morgan fingerprint density at radius 1 is 1.04 bits per heavy atom. The van der Waals surface area contributed by atoms with Crippen molar-refractivity contribution in [2.45, 2.75) is 11.0 Å². The molecule has 0 aromatic heterocycles. The van der Waals surface area contributed by atoms with Gasteiger partial charge in [0.1, 0.15) is 12.6 Å². The molecule has 1 aliphatic heterocycles. The molecule has 2 N–H and O–H groups in total. The van der Waals surface area contributed by atoms with Gasteiger partial charge in [-0.05, 0) is 30.3 Å². The fraction of sp³-hybridized carbons (Fsp3) is 0.368. The van der Waals surface area contributed by atoms with Gasteiger partial charge in [-0.1, -0.05) is 41.4 Å². The van der Waals surface area contributed by atoms with E-state index < -0.39 is 0 Å². The van der Waals surface area contributed by atoms with Gasteiger partial charge in [0, 0.05) is 16.3 Å². The number of para-hydroxylation sites is 1. The molecule has 3 rings (SSSR count). The molecule has 0 amide bonds. The average molecular weight is 398 g/mol. The van der Waals surface area contributed by atoms with Crippen LogP contribution in [0.4, 0.5) is 5.69 Å². The van der Waals surface area contributed by atoms with Crippen molar-refractivity contribution < 1.29 is 10.0 Å². The molecule has 0 saturated carbocycles. The van der Waals surface area contributed by atoms with E-state index in [-0.39, 0.29) is 6.10 Å². The average Bonchev–Trinajstić information content (AvgIpc) is 2.64. The normalized spacial score (nSPS) is 16.8. The van der Waals surface area contributed by atoms with Gasteiger partial charge >= 0.3 is 0 Å². The molecule has 0 bridgehead atoms. The summed E-state index contributed by atoms with van der Waals surface area (Å²) in [5.74, 6) is 0.670. The lowest BCUT2D eigenvalue weighted by Crippen LogP contribution is -3.15. The third-order valence-corrected chi connectivity index (χ3v) is 6.33. The number of nitrogens with one attached hydrogen (secondary N) is 1. The number of halogens is 2. The highest BCUT2D eigenvalue weighted by Crippen LogP contribution is 2.28. The zero-order valence-electron chi connectivity index (χ0n) is 14.0. The van der Waals surface area contributed by atoms with E-state index in [1.807, 2.05) is 18.2 Å². The summed E-state index contributed by atoms with van der Waals surface area (Å²) in [6, 6.07) is 16.1. The molecule has 6 heteroatoms. The minimum absolute atomic E-state index is 0.322. The Bertz CT molecular complexity index is 678. The number of benzene rings is 2. The first-order valence-corrected chi connectivity index (χ1v) is 10.3. The molecule has 1 saturated heterocycles. The van der Waals surface area contributed by atoms with Crippen LogP contribution in [0.1, 0.15) is 0 Å². The van der Waals surface area contributed by atoms with E-state index in [1.54, 1.807) is 17.8 Å². The molecule has 2 aromatic carbocycles. The number of nitrogens with zero attached hydrogens (tertiary/aromatic N) is 1. The fourth-order valence-electron chi connectivity index (χ4n) is 3.08. The van der Waals surface area contributed by atoms with Gasteiger partial charge in [-0.2, -0.15) is 0 Å². The Balaban J connectivity index is 1.41. The van der Waals surface area contributed by atoms with Crippen LogP contribution in [0.25, 0.3) is 0 Å². The lowest BCUT2D eigenvalue weighted by Gasteiger charge is -2.34. The van der Waals surface area contributed by atoms with Crippen molar-refractivity contribution >= 4 is 40.7 Å². The Hall–Kier alpha value is -0.910. The first-order valence-electron chi connectivity index (χ1n) is 8.51. The SMILES string of the molecule is O[C@H](CSc1ccc(Cl)c(Cl)c1)C[NH+]1CCN(c2ccccc2)CC1. The number of quaternary nitrogens is 1. The maximum absolute atomic E-state index is 10.4. The van der Waals surface area contributed by atoms with Crippen molar-refractivity contribution in [3.05, 3.63) is 58.6 Å². The van der Waals surface area contributed by atoms with Gasteiger partial charge in [0.05, 0.1) is 36.2 Å². The number of rotatable bonds is 6. The van der Waals surface area contributed by atoms with Gasteiger partial charge in [0.2, 0.25) is 0 Å². The lowest BCUT2D eigenvalue weighted by molar-refractivity contribution is -0.903. The van der Waals surface area contributed by atoms with Crippen molar-refractivity contribution in [3.63, 3.8) is 0 Å². The molecule has 25 heavy (non-hydrogen) atoms. The van der Waals surface area contributed by atoms with Crippen LogP contribution in [0, 0.1) is 0 Å². The van der Waals surface area contributed by atoms with Crippen molar-refractivity contribution in [2.24, 2.45) is 0 Å². The molecule has 0 spiro atoms. The molecular formula is C19H23Cl2N2OS+. The van der Waals surface area contributed by atoms with E-state index in [0.717, 1.165) is 37.6 Å². The first-order chi connectivity index (χ1) is 12.1. The van der Waals surface area contributed by atoms with Crippen molar-refractivity contribution in [3.8, 4) is 0 Å².